The van der Waals surface area contributed by atoms with Crippen molar-refractivity contribution in [1.29, 1.82) is 0 Å². The summed E-state index contributed by atoms with van der Waals surface area (Å²) < 4.78 is 30.2. The molecule has 0 aliphatic rings. The van der Waals surface area contributed by atoms with Crippen LogP contribution in [0.25, 0.3) is 16.6 Å². The number of carboxylic acid groups (broad SMARTS) is 1. The molecule has 1 aromatic heterocycles. The molecule has 0 unspecified atom stereocenters. The Balaban J connectivity index is 1.56. The van der Waals surface area contributed by atoms with Gasteiger partial charge in [-0.25, -0.2) is 18.1 Å². The Morgan fingerprint density at radius 3 is 2.25 bits per heavy atom. The first-order valence-corrected chi connectivity index (χ1v) is 12.6. The van der Waals surface area contributed by atoms with Gasteiger partial charge in [-0.15, -0.1) is 0 Å². The number of carboxylic acids is 1. The first kappa shape index (κ1) is 28.5. The van der Waals surface area contributed by atoms with Crippen LogP contribution in [0.15, 0.2) is 70.3 Å². The lowest BCUT2D eigenvalue weighted by atomic mass is 10.0. The number of carbonyl (C=O) groups excluding carboxylic acids is 1. The molecule has 1 heterocycles. The predicted octanol–water partition coefficient (Wildman–Crippen LogP) is 2.55. The number of hydrogen-bond acceptors (Lipinski definition) is 6. The van der Waals surface area contributed by atoms with Gasteiger partial charge in [0.1, 0.15) is 17.7 Å². The van der Waals surface area contributed by atoms with Gasteiger partial charge in [0.05, 0.1) is 28.7 Å². The first-order chi connectivity index (χ1) is 19.1. The summed E-state index contributed by atoms with van der Waals surface area (Å²) in [5, 5.41) is 15.7. The van der Waals surface area contributed by atoms with Gasteiger partial charge in [-0.2, -0.15) is 0 Å². The van der Waals surface area contributed by atoms with Crippen molar-refractivity contribution in [3.05, 3.63) is 110 Å². The van der Waals surface area contributed by atoms with E-state index in [2.05, 4.69) is 10.6 Å². The Hall–Kier alpha value is -4.48. The standard InChI is InChI=1S/C29H28F2N4O5/c1-3-32-15-18-9-12-24-20(13-18)27(37)35(29(40)34(24)2)19-10-7-17(8-11-19)14-23(28(38)39)33-16-25(36)26-21(30)5-4-6-22(26)31/h4-13,23,32-33H,3,14-16H2,1-2H3,(H,38,39)/t23-/m0/s1. The Morgan fingerprint density at radius 1 is 0.975 bits per heavy atom. The van der Waals surface area contributed by atoms with Gasteiger partial charge in [-0.3, -0.25) is 24.3 Å². The summed E-state index contributed by atoms with van der Waals surface area (Å²) in [6, 6.07) is 13.3. The van der Waals surface area contributed by atoms with Gasteiger partial charge < -0.3 is 10.4 Å². The lowest BCUT2D eigenvalue weighted by Gasteiger charge is -2.15. The molecular weight excluding hydrogens is 522 g/mol. The van der Waals surface area contributed by atoms with Crippen molar-refractivity contribution in [2.45, 2.75) is 25.9 Å². The largest absolute Gasteiger partial charge is 0.480 e. The van der Waals surface area contributed by atoms with Crippen molar-refractivity contribution in [3.8, 4) is 5.69 Å². The van der Waals surface area contributed by atoms with Gasteiger partial charge in [-0.05, 0) is 60.5 Å². The SMILES string of the molecule is CCNCc1ccc2c(c1)c(=O)n(-c1ccc(C[C@H](NCC(=O)c3c(F)cccc3F)C(=O)O)cc1)c(=O)n2C. The van der Waals surface area contributed by atoms with Crippen LogP contribution in [-0.2, 0) is 24.8 Å². The number of hydrogen-bond donors (Lipinski definition) is 3. The highest BCUT2D eigenvalue weighted by Crippen LogP contribution is 2.15. The molecule has 0 fully saturated rings. The van der Waals surface area contributed by atoms with Gasteiger partial charge in [0.15, 0.2) is 5.78 Å². The van der Waals surface area contributed by atoms with E-state index in [1.807, 2.05) is 13.0 Å². The first-order valence-electron chi connectivity index (χ1n) is 12.6. The molecule has 40 heavy (non-hydrogen) atoms. The fourth-order valence-electron chi connectivity index (χ4n) is 4.45. The average molecular weight is 551 g/mol. The van der Waals surface area contributed by atoms with Crippen LogP contribution in [0.2, 0.25) is 0 Å². The second-order valence-electron chi connectivity index (χ2n) is 9.28. The van der Waals surface area contributed by atoms with Crippen molar-refractivity contribution >= 4 is 22.7 Å². The van der Waals surface area contributed by atoms with Crippen LogP contribution in [0.5, 0.6) is 0 Å². The maximum atomic E-state index is 13.9. The zero-order valence-electron chi connectivity index (χ0n) is 21.9. The highest BCUT2D eigenvalue weighted by Gasteiger charge is 2.22. The number of rotatable bonds is 11. The summed E-state index contributed by atoms with van der Waals surface area (Å²) in [4.78, 5) is 50.5. The molecular formula is C29H28F2N4O5. The minimum absolute atomic E-state index is 0.0684. The van der Waals surface area contributed by atoms with E-state index in [9.17, 15) is 33.1 Å². The van der Waals surface area contributed by atoms with Crippen molar-refractivity contribution < 1.29 is 23.5 Å². The summed E-state index contributed by atoms with van der Waals surface area (Å²) in [6.07, 6.45) is -0.0684. The smallest absolute Gasteiger partial charge is 0.335 e. The highest BCUT2D eigenvalue weighted by molar-refractivity contribution is 5.98. The van der Waals surface area contributed by atoms with Gasteiger partial charge in [0, 0.05) is 13.6 Å². The molecule has 0 saturated heterocycles. The summed E-state index contributed by atoms with van der Waals surface area (Å²) >= 11 is 0. The maximum absolute atomic E-state index is 13.9. The number of fused-ring (bicyclic) bond motifs is 1. The molecule has 3 N–H and O–H groups in total. The third-order valence-electron chi connectivity index (χ3n) is 6.60. The Bertz CT molecular complexity index is 1680. The number of halogens is 2. The summed E-state index contributed by atoms with van der Waals surface area (Å²) in [6.45, 7) is 2.72. The van der Waals surface area contributed by atoms with Gasteiger partial charge in [-0.1, -0.05) is 31.2 Å². The van der Waals surface area contributed by atoms with Crippen LogP contribution in [0.4, 0.5) is 8.78 Å². The number of nitrogens with one attached hydrogen (secondary N) is 2. The minimum Gasteiger partial charge on any atom is -0.480 e. The van der Waals surface area contributed by atoms with E-state index in [4.69, 9.17) is 0 Å². The van der Waals surface area contributed by atoms with Crippen molar-refractivity contribution in [3.63, 3.8) is 0 Å². The Kier molecular flexibility index (Phi) is 8.66. The molecule has 0 radical (unpaired) electrons. The monoisotopic (exact) mass is 550 g/mol. The van der Waals surface area contributed by atoms with Gasteiger partial charge in [0.25, 0.3) is 5.56 Å². The lowest BCUT2D eigenvalue weighted by Crippen LogP contribution is -2.41. The van der Waals surface area contributed by atoms with Gasteiger partial charge in [0.2, 0.25) is 0 Å². The zero-order valence-corrected chi connectivity index (χ0v) is 21.9. The van der Waals surface area contributed by atoms with Crippen molar-refractivity contribution in [2.75, 3.05) is 13.1 Å². The second-order valence-corrected chi connectivity index (χ2v) is 9.28. The van der Waals surface area contributed by atoms with Crippen LogP contribution >= 0.6 is 0 Å². The number of benzene rings is 3. The van der Waals surface area contributed by atoms with Crippen LogP contribution < -0.4 is 21.9 Å². The van der Waals surface area contributed by atoms with E-state index in [0.29, 0.717) is 28.7 Å². The third-order valence-corrected chi connectivity index (χ3v) is 6.60. The molecule has 0 spiro atoms. The summed E-state index contributed by atoms with van der Waals surface area (Å²) in [5.74, 6) is -4.24. The van der Waals surface area contributed by atoms with Crippen molar-refractivity contribution in [2.24, 2.45) is 7.05 Å². The maximum Gasteiger partial charge on any atom is 0.335 e. The molecule has 4 rings (SSSR count). The summed E-state index contributed by atoms with van der Waals surface area (Å²) in [7, 11) is 1.58. The number of ketones is 1. The lowest BCUT2D eigenvalue weighted by molar-refractivity contribution is -0.139. The topological polar surface area (TPSA) is 122 Å². The van der Waals surface area contributed by atoms with E-state index >= 15 is 0 Å². The van der Waals surface area contributed by atoms with E-state index in [1.54, 1.807) is 31.3 Å². The number of Topliss-reactive ketones (excluding diaryl/α,β-unsaturated/α-hetero) is 1. The fourth-order valence-corrected chi connectivity index (χ4v) is 4.45. The highest BCUT2D eigenvalue weighted by atomic mass is 19.1. The van der Waals surface area contributed by atoms with E-state index in [-0.39, 0.29) is 6.42 Å². The molecule has 11 heteroatoms. The third kappa shape index (κ3) is 5.90. The molecule has 9 nitrogen and oxygen atoms in total. The number of aryl methyl sites for hydroxylation is 1. The molecule has 1 atom stereocenters. The summed E-state index contributed by atoms with van der Waals surface area (Å²) in [5.41, 5.74) is 0.491. The molecule has 0 saturated carbocycles. The number of aliphatic carboxylic acids is 1. The van der Waals surface area contributed by atoms with Crippen LogP contribution in [0.1, 0.15) is 28.4 Å². The normalized spacial score (nSPS) is 12.0. The number of nitrogens with zero attached hydrogens (tertiary/aromatic N) is 2. The Labute approximate surface area is 227 Å². The van der Waals surface area contributed by atoms with Crippen LogP contribution in [0.3, 0.4) is 0 Å². The zero-order chi connectivity index (χ0) is 29.0. The van der Waals surface area contributed by atoms with E-state index < -0.39 is 52.8 Å². The Morgan fingerprint density at radius 2 is 1.62 bits per heavy atom. The molecule has 0 aliphatic heterocycles. The molecule has 0 amide bonds. The second kappa shape index (κ2) is 12.1. The predicted molar refractivity (Wildman–Crippen MR) is 146 cm³/mol. The minimum atomic E-state index is -1.26. The number of carbonyl (C=O) groups is 2. The van der Waals surface area contributed by atoms with Gasteiger partial charge >= 0.3 is 11.7 Å². The molecule has 4 aromatic rings. The number of aromatic nitrogens is 2. The molecule has 208 valence electrons. The molecule has 0 aliphatic carbocycles. The average Bonchev–Trinajstić information content (AvgIpc) is 2.93. The quantitative estimate of drug-likeness (QED) is 0.245. The van der Waals surface area contributed by atoms with E-state index in [0.717, 1.165) is 34.9 Å². The molecule has 0 bridgehead atoms. The van der Waals surface area contributed by atoms with Crippen LogP contribution in [-0.4, -0.2) is 45.1 Å². The molecule has 3 aromatic carbocycles. The van der Waals surface area contributed by atoms with E-state index in [1.165, 1.54) is 16.7 Å². The fraction of sp³-hybridized carbons (Fsp3) is 0.241. The van der Waals surface area contributed by atoms with Crippen molar-refractivity contribution in [1.82, 2.24) is 19.8 Å². The van der Waals surface area contributed by atoms with Crippen LogP contribution in [0, 0.1) is 11.6 Å².